The lowest BCUT2D eigenvalue weighted by atomic mass is 10.1. The number of nitrogens with one attached hydrogen (secondary N) is 2. The highest BCUT2D eigenvalue weighted by atomic mass is 35.5. The summed E-state index contributed by atoms with van der Waals surface area (Å²) in [4.78, 5) is 11.6. The van der Waals surface area contributed by atoms with E-state index in [9.17, 15) is 4.79 Å². The summed E-state index contributed by atoms with van der Waals surface area (Å²) < 4.78 is 0. The fraction of sp³-hybridized carbons (Fsp3) is 0.462. The average Bonchev–Trinajstić information content (AvgIpc) is 2.16. The lowest BCUT2D eigenvalue weighted by Gasteiger charge is -2.07. The van der Waals surface area contributed by atoms with Gasteiger partial charge in [-0.15, -0.1) is 12.4 Å². The first-order valence-electron chi connectivity index (χ1n) is 5.64. The highest BCUT2D eigenvalue weighted by Crippen LogP contribution is 2.13. The maximum Gasteiger partial charge on any atom is 0.224 e. The number of halogens is 1. The number of rotatable bonds is 5. The highest BCUT2D eigenvalue weighted by molar-refractivity contribution is 5.90. The topological polar surface area (TPSA) is 41.1 Å². The largest absolute Gasteiger partial charge is 0.326 e. The molecule has 0 bridgehead atoms. The standard InChI is InChI=1S/C13H20N2O.ClH/c1-10-7-11(2)9-12(8-10)15-13(16)5-4-6-14-3;/h7-9,14H,4-6H2,1-3H3,(H,15,16);1H. The second-order valence-electron chi connectivity index (χ2n) is 4.13. The van der Waals surface area contributed by atoms with E-state index in [0.717, 1.165) is 18.7 Å². The Balaban J connectivity index is 0.00000256. The Hall–Kier alpha value is -1.06. The summed E-state index contributed by atoms with van der Waals surface area (Å²) >= 11 is 0. The number of carbonyl (C=O) groups excluding carboxylic acids is 1. The minimum absolute atomic E-state index is 0. The van der Waals surface area contributed by atoms with Crippen molar-refractivity contribution in [1.82, 2.24) is 5.32 Å². The molecule has 0 spiro atoms. The molecule has 0 saturated heterocycles. The van der Waals surface area contributed by atoms with Crippen LogP contribution in [0, 0.1) is 13.8 Å². The molecule has 4 heteroatoms. The van der Waals surface area contributed by atoms with E-state index in [2.05, 4.69) is 16.7 Å². The van der Waals surface area contributed by atoms with Gasteiger partial charge in [0, 0.05) is 12.1 Å². The molecule has 0 atom stereocenters. The monoisotopic (exact) mass is 256 g/mol. The smallest absolute Gasteiger partial charge is 0.224 e. The molecular formula is C13H21ClN2O. The van der Waals surface area contributed by atoms with Crippen LogP contribution >= 0.6 is 12.4 Å². The molecule has 0 aliphatic rings. The molecule has 1 amide bonds. The zero-order valence-electron chi connectivity index (χ0n) is 10.7. The zero-order chi connectivity index (χ0) is 12.0. The Labute approximate surface area is 109 Å². The Morgan fingerprint density at radius 3 is 2.29 bits per heavy atom. The number of carbonyl (C=O) groups is 1. The molecule has 1 rings (SSSR count). The van der Waals surface area contributed by atoms with Crippen molar-refractivity contribution in [3.63, 3.8) is 0 Å². The lowest BCUT2D eigenvalue weighted by molar-refractivity contribution is -0.116. The Morgan fingerprint density at radius 1 is 1.18 bits per heavy atom. The first kappa shape index (κ1) is 15.9. The predicted molar refractivity (Wildman–Crippen MR) is 75.0 cm³/mol. The quantitative estimate of drug-likeness (QED) is 0.796. The van der Waals surface area contributed by atoms with Crippen molar-refractivity contribution >= 4 is 24.0 Å². The first-order chi connectivity index (χ1) is 7.61. The Morgan fingerprint density at radius 2 is 1.76 bits per heavy atom. The number of benzene rings is 1. The van der Waals surface area contributed by atoms with E-state index in [1.165, 1.54) is 11.1 Å². The molecule has 2 N–H and O–H groups in total. The van der Waals surface area contributed by atoms with Gasteiger partial charge in [-0.1, -0.05) is 6.07 Å². The third kappa shape index (κ3) is 6.29. The van der Waals surface area contributed by atoms with Gasteiger partial charge in [-0.25, -0.2) is 0 Å². The summed E-state index contributed by atoms with van der Waals surface area (Å²) in [6.45, 7) is 4.94. The number of hydrogen-bond acceptors (Lipinski definition) is 2. The summed E-state index contributed by atoms with van der Waals surface area (Å²) in [7, 11) is 1.89. The van der Waals surface area contributed by atoms with Crippen molar-refractivity contribution in [3.05, 3.63) is 29.3 Å². The van der Waals surface area contributed by atoms with Crippen molar-refractivity contribution < 1.29 is 4.79 Å². The van der Waals surface area contributed by atoms with E-state index in [1.54, 1.807) is 0 Å². The van der Waals surface area contributed by atoms with E-state index < -0.39 is 0 Å². The van der Waals surface area contributed by atoms with E-state index in [4.69, 9.17) is 0 Å². The van der Waals surface area contributed by atoms with Gasteiger partial charge < -0.3 is 10.6 Å². The number of hydrogen-bond donors (Lipinski definition) is 2. The summed E-state index contributed by atoms with van der Waals surface area (Å²) in [5.41, 5.74) is 3.24. The fourth-order valence-corrected chi connectivity index (χ4v) is 1.70. The van der Waals surface area contributed by atoms with Crippen LogP contribution in [-0.4, -0.2) is 19.5 Å². The van der Waals surface area contributed by atoms with Gasteiger partial charge in [0.25, 0.3) is 0 Å². The van der Waals surface area contributed by atoms with Gasteiger partial charge in [0.05, 0.1) is 0 Å². The molecule has 1 aromatic carbocycles. The molecule has 0 aliphatic heterocycles. The van der Waals surface area contributed by atoms with Crippen molar-refractivity contribution in [2.45, 2.75) is 26.7 Å². The molecule has 17 heavy (non-hydrogen) atoms. The van der Waals surface area contributed by atoms with Gasteiger partial charge in [-0.3, -0.25) is 4.79 Å². The molecule has 0 aliphatic carbocycles. The lowest BCUT2D eigenvalue weighted by Crippen LogP contribution is -2.15. The second-order valence-corrected chi connectivity index (χ2v) is 4.13. The first-order valence-corrected chi connectivity index (χ1v) is 5.64. The Bertz CT molecular complexity index is 346. The van der Waals surface area contributed by atoms with Gasteiger partial charge >= 0.3 is 0 Å². The van der Waals surface area contributed by atoms with Crippen LogP contribution in [0.2, 0.25) is 0 Å². The van der Waals surface area contributed by atoms with Gasteiger partial charge in [-0.05, 0) is 57.1 Å². The predicted octanol–water partition coefficient (Wildman–Crippen LogP) is 2.66. The molecule has 0 unspecified atom stereocenters. The zero-order valence-corrected chi connectivity index (χ0v) is 11.5. The van der Waals surface area contributed by atoms with Crippen molar-refractivity contribution in [1.29, 1.82) is 0 Å². The van der Waals surface area contributed by atoms with Crippen LogP contribution in [0.1, 0.15) is 24.0 Å². The number of anilines is 1. The summed E-state index contributed by atoms with van der Waals surface area (Å²) in [5, 5.41) is 5.94. The second kappa shape index (κ2) is 8.09. The maximum absolute atomic E-state index is 11.6. The van der Waals surface area contributed by atoms with E-state index in [0.29, 0.717) is 6.42 Å². The Kier molecular flexibility index (Phi) is 7.59. The van der Waals surface area contributed by atoms with Crippen LogP contribution in [0.15, 0.2) is 18.2 Å². The van der Waals surface area contributed by atoms with Crippen molar-refractivity contribution in [2.75, 3.05) is 18.9 Å². The number of amides is 1. The van der Waals surface area contributed by atoms with Crippen LogP contribution in [0.4, 0.5) is 5.69 Å². The number of aryl methyl sites for hydroxylation is 2. The third-order valence-corrected chi connectivity index (χ3v) is 2.34. The maximum atomic E-state index is 11.6. The minimum atomic E-state index is 0. The van der Waals surface area contributed by atoms with Crippen LogP contribution in [0.5, 0.6) is 0 Å². The molecule has 0 saturated carbocycles. The molecule has 0 aromatic heterocycles. The SMILES string of the molecule is CNCCCC(=O)Nc1cc(C)cc(C)c1.Cl. The molecule has 1 aromatic rings. The van der Waals surface area contributed by atoms with Crippen LogP contribution in [0.3, 0.4) is 0 Å². The van der Waals surface area contributed by atoms with Gasteiger partial charge in [0.1, 0.15) is 0 Å². The fourth-order valence-electron chi connectivity index (χ4n) is 1.70. The molecule has 0 heterocycles. The molecule has 3 nitrogen and oxygen atoms in total. The van der Waals surface area contributed by atoms with E-state index in [-0.39, 0.29) is 18.3 Å². The van der Waals surface area contributed by atoms with Crippen LogP contribution in [0.25, 0.3) is 0 Å². The van der Waals surface area contributed by atoms with Crippen LogP contribution < -0.4 is 10.6 Å². The molecule has 96 valence electrons. The molecule has 0 radical (unpaired) electrons. The average molecular weight is 257 g/mol. The summed E-state index contributed by atoms with van der Waals surface area (Å²) in [6.07, 6.45) is 1.43. The van der Waals surface area contributed by atoms with Gasteiger partial charge in [0.15, 0.2) is 0 Å². The van der Waals surface area contributed by atoms with Gasteiger partial charge in [0.2, 0.25) is 5.91 Å². The minimum Gasteiger partial charge on any atom is -0.326 e. The van der Waals surface area contributed by atoms with Gasteiger partial charge in [-0.2, -0.15) is 0 Å². The summed E-state index contributed by atoms with van der Waals surface area (Å²) in [5.74, 6) is 0.0836. The van der Waals surface area contributed by atoms with E-state index >= 15 is 0 Å². The third-order valence-electron chi connectivity index (χ3n) is 2.34. The van der Waals surface area contributed by atoms with Crippen molar-refractivity contribution in [3.8, 4) is 0 Å². The molecule has 0 fully saturated rings. The van der Waals surface area contributed by atoms with E-state index in [1.807, 2.05) is 33.0 Å². The normalized spacial score (nSPS) is 9.59. The van der Waals surface area contributed by atoms with Crippen molar-refractivity contribution in [2.24, 2.45) is 0 Å². The molecular weight excluding hydrogens is 236 g/mol. The highest BCUT2D eigenvalue weighted by Gasteiger charge is 2.02. The van der Waals surface area contributed by atoms with Crippen LogP contribution in [-0.2, 0) is 4.79 Å². The summed E-state index contributed by atoms with van der Waals surface area (Å²) in [6, 6.07) is 6.07.